The SMILES string of the molecule is CNCc1cncc2c1NCCC2. The van der Waals surface area contributed by atoms with Gasteiger partial charge >= 0.3 is 0 Å². The summed E-state index contributed by atoms with van der Waals surface area (Å²) >= 11 is 0. The van der Waals surface area contributed by atoms with Gasteiger partial charge in [0.25, 0.3) is 0 Å². The predicted octanol–water partition coefficient (Wildman–Crippen LogP) is 1.16. The quantitative estimate of drug-likeness (QED) is 0.711. The zero-order valence-corrected chi connectivity index (χ0v) is 7.93. The van der Waals surface area contributed by atoms with Crippen molar-refractivity contribution >= 4 is 5.69 Å². The highest BCUT2D eigenvalue weighted by molar-refractivity contribution is 5.57. The molecule has 1 aliphatic heterocycles. The van der Waals surface area contributed by atoms with Crippen LogP contribution in [0.4, 0.5) is 5.69 Å². The average molecular weight is 177 g/mol. The second-order valence-electron chi connectivity index (χ2n) is 3.39. The largest absolute Gasteiger partial charge is 0.384 e. The highest BCUT2D eigenvalue weighted by Gasteiger charge is 2.11. The molecule has 1 aliphatic rings. The molecule has 0 atom stereocenters. The maximum atomic E-state index is 4.24. The number of aromatic nitrogens is 1. The lowest BCUT2D eigenvalue weighted by Gasteiger charge is -2.20. The van der Waals surface area contributed by atoms with E-state index in [0.29, 0.717) is 0 Å². The van der Waals surface area contributed by atoms with Crippen LogP contribution in [-0.2, 0) is 13.0 Å². The summed E-state index contributed by atoms with van der Waals surface area (Å²) in [5.74, 6) is 0. The zero-order valence-electron chi connectivity index (χ0n) is 7.93. The molecule has 0 amide bonds. The van der Waals surface area contributed by atoms with Gasteiger partial charge in [-0.25, -0.2) is 0 Å². The normalized spacial score (nSPS) is 14.8. The summed E-state index contributed by atoms with van der Waals surface area (Å²) in [6.45, 7) is 1.98. The fourth-order valence-corrected chi connectivity index (χ4v) is 1.79. The van der Waals surface area contributed by atoms with E-state index in [9.17, 15) is 0 Å². The second kappa shape index (κ2) is 3.75. The van der Waals surface area contributed by atoms with Gasteiger partial charge in [0.05, 0.1) is 0 Å². The van der Waals surface area contributed by atoms with Gasteiger partial charge < -0.3 is 10.6 Å². The van der Waals surface area contributed by atoms with E-state index in [1.807, 2.05) is 19.4 Å². The summed E-state index contributed by atoms with van der Waals surface area (Å²) in [6, 6.07) is 0. The first kappa shape index (κ1) is 8.51. The molecule has 0 bridgehead atoms. The molecule has 0 spiro atoms. The van der Waals surface area contributed by atoms with E-state index in [1.165, 1.54) is 23.2 Å². The lowest BCUT2D eigenvalue weighted by atomic mass is 10.0. The van der Waals surface area contributed by atoms with Crippen molar-refractivity contribution in [3.05, 3.63) is 23.5 Å². The molecule has 3 nitrogen and oxygen atoms in total. The zero-order chi connectivity index (χ0) is 9.10. The van der Waals surface area contributed by atoms with Crippen molar-refractivity contribution in [1.29, 1.82) is 0 Å². The maximum absolute atomic E-state index is 4.24. The summed E-state index contributed by atoms with van der Waals surface area (Å²) in [6.07, 6.45) is 6.29. The third-order valence-electron chi connectivity index (χ3n) is 2.39. The molecule has 0 aromatic carbocycles. The molecule has 0 radical (unpaired) electrons. The molecule has 3 heteroatoms. The number of hydrogen-bond donors (Lipinski definition) is 2. The van der Waals surface area contributed by atoms with E-state index >= 15 is 0 Å². The van der Waals surface area contributed by atoms with Crippen molar-refractivity contribution in [3.63, 3.8) is 0 Å². The van der Waals surface area contributed by atoms with E-state index in [0.717, 1.165) is 19.5 Å². The Morgan fingerprint density at radius 2 is 2.46 bits per heavy atom. The number of nitrogens with one attached hydrogen (secondary N) is 2. The minimum absolute atomic E-state index is 0.892. The Morgan fingerprint density at radius 1 is 1.54 bits per heavy atom. The van der Waals surface area contributed by atoms with Crippen molar-refractivity contribution in [2.75, 3.05) is 18.9 Å². The first-order valence-corrected chi connectivity index (χ1v) is 4.76. The number of aryl methyl sites for hydroxylation is 1. The molecule has 1 aromatic heterocycles. The van der Waals surface area contributed by atoms with Crippen molar-refractivity contribution in [3.8, 4) is 0 Å². The highest BCUT2D eigenvalue weighted by Crippen LogP contribution is 2.24. The van der Waals surface area contributed by atoms with Crippen LogP contribution in [0.2, 0.25) is 0 Å². The Labute approximate surface area is 78.6 Å². The summed E-state index contributed by atoms with van der Waals surface area (Å²) < 4.78 is 0. The predicted molar refractivity (Wildman–Crippen MR) is 53.8 cm³/mol. The number of fused-ring (bicyclic) bond motifs is 1. The van der Waals surface area contributed by atoms with Gasteiger partial charge in [0, 0.05) is 36.7 Å². The Bertz CT molecular complexity index is 296. The fraction of sp³-hybridized carbons (Fsp3) is 0.500. The summed E-state index contributed by atoms with van der Waals surface area (Å²) in [5, 5.41) is 6.59. The minimum atomic E-state index is 0.892. The number of anilines is 1. The summed E-state index contributed by atoms with van der Waals surface area (Å²) in [7, 11) is 1.96. The Kier molecular flexibility index (Phi) is 2.45. The molecule has 70 valence electrons. The molecular weight excluding hydrogens is 162 g/mol. The first-order valence-electron chi connectivity index (χ1n) is 4.76. The van der Waals surface area contributed by atoms with Crippen molar-refractivity contribution in [2.45, 2.75) is 19.4 Å². The highest BCUT2D eigenvalue weighted by atomic mass is 14.9. The van der Waals surface area contributed by atoms with E-state index in [4.69, 9.17) is 0 Å². The lowest BCUT2D eigenvalue weighted by molar-refractivity contribution is 0.782. The van der Waals surface area contributed by atoms with Gasteiger partial charge in [0.1, 0.15) is 0 Å². The lowest BCUT2D eigenvalue weighted by Crippen LogP contribution is -2.16. The van der Waals surface area contributed by atoms with Crippen LogP contribution in [0.25, 0.3) is 0 Å². The van der Waals surface area contributed by atoms with Crippen LogP contribution < -0.4 is 10.6 Å². The van der Waals surface area contributed by atoms with Gasteiger partial charge in [-0.05, 0) is 25.5 Å². The van der Waals surface area contributed by atoms with E-state index in [1.54, 1.807) is 0 Å². The second-order valence-corrected chi connectivity index (χ2v) is 3.39. The van der Waals surface area contributed by atoms with Crippen LogP contribution >= 0.6 is 0 Å². The minimum Gasteiger partial charge on any atom is -0.384 e. The van der Waals surface area contributed by atoms with Gasteiger partial charge in [-0.1, -0.05) is 0 Å². The Morgan fingerprint density at radius 3 is 3.31 bits per heavy atom. The Hall–Kier alpha value is -1.09. The molecule has 0 unspecified atom stereocenters. The monoisotopic (exact) mass is 177 g/mol. The molecule has 1 aromatic rings. The van der Waals surface area contributed by atoms with E-state index in [-0.39, 0.29) is 0 Å². The van der Waals surface area contributed by atoms with Crippen LogP contribution in [0.3, 0.4) is 0 Å². The van der Waals surface area contributed by atoms with Gasteiger partial charge in [-0.15, -0.1) is 0 Å². The third kappa shape index (κ3) is 1.65. The summed E-state index contributed by atoms with van der Waals surface area (Å²) in [5.41, 5.74) is 3.94. The molecule has 2 rings (SSSR count). The van der Waals surface area contributed by atoms with Crippen LogP contribution in [0.15, 0.2) is 12.4 Å². The molecular formula is C10H15N3. The van der Waals surface area contributed by atoms with Crippen LogP contribution in [0.5, 0.6) is 0 Å². The molecule has 0 fully saturated rings. The van der Waals surface area contributed by atoms with Crippen molar-refractivity contribution < 1.29 is 0 Å². The molecule has 13 heavy (non-hydrogen) atoms. The third-order valence-corrected chi connectivity index (χ3v) is 2.39. The van der Waals surface area contributed by atoms with Gasteiger partial charge in [-0.2, -0.15) is 0 Å². The van der Waals surface area contributed by atoms with Crippen molar-refractivity contribution in [2.24, 2.45) is 0 Å². The van der Waals surface area contributed by atoms with Crippen molar-refractivity contribution in [1.82, 2.24) is 10.3 Å². The maximum Gasteiger partial charge on any atom is 0.0449 e. The number of nitrogens with zero attached hydrogens (tertiary/aromatic N) is 1. The topological polar surface area (TPSA) is 37.0 Å². The van der Waals surface area contributed by atoms with Gasteiger partial charge in [0.15, 0.2) is 0 Å². The van der Waals surface area contributed by atoms with Gasteiger partial charge in [-0.3, -0.25) is 4.98 Å². The average Bonchev–Trinajstić information content (AvgIpc) is 2.19. The number of hydrogen-bond acceptors (Lipinski definition) is 3. The van der Waals surface area contributed by atoms with E-state index < -0.39 is 0 Å². The van der Waals surface area contributed by atoms with Crippen LogP contribution in [-0.4, -0.2) is 18.6 Å². The standard InChI is InChI=1S/C10H15N3/c1-11-5-9-7-12-6-8-3-2-4-13-10(8)9/h6-7,11,13H,2-5H2,1H3. The van der Waals surface area contributed by atoms with Gasteiger partial charge in [0.2, 0.25) is 0 Å². The molecule has 2 heterocycles. The molecule has 0 saturated heterocycles. The number of rotatable bonds is 2. The molecule has 2 N–H and O–H groups in total. The van der Waals surface area contributed by atoms with Crippen LogP contribution in [0, 0.1) is 0 Å². The fourth-order valence-electron chi connectivity index (χ4n) is 1.79. The Balaban J connectivity index is 2.34. The molecule has 0 saturated carbocycles. The number of pyridine rings is 1. The smallest absolute Gasteiger partial charge is 0.0449 e. The van der Waals surface area contributed by atoms with E-state index in [2.05, 4.69) is 15.6 Å². The first-order chi connectivity index (χ1) is 6.42. The van der Waals surface area contributed by atoms with Crippen LogP contribution in [0.1, 0.15) is 17.5 Å². The molecule has 0 aliphatic carbocycles. The summed E-state index contributed by atoms with van der Waals surface area (Å²) in [4.78, 5) is 4.24.